The van der Waals surface area contributed by atoms with Crippen LogP contribution in [0, 0.1) is 13.8 Å². The number of hydrogen-bond acceptors (Lipinski definition) is 4. The fourth-order valence-corrected chi connectivity index (χ4v) is 2.05. The standard InChI is InChI=1S/C14H14N4O/c1-8-4-5-10(9(2)15-8)13-16-11-6-7-12(19-3)17-14(11)18-13/h4-7H,1-3H3,(H,16,17,18). The normalized spacial score (nSPS) is 10.9. The molecule has 3 rings (SSSR count). The summed E-state index contributed by atoms with van der Waals surface area (Å²) in [5, 5.41) is 0. The molecule has 0 spiro atoms. The van der Waals surface area contributed by atoms with Crippen molar-refractivity contribution in [2.75, 3.05) is 7.11 Å². The van der Waals surface area contributed by atoms with Crippen LogP contribution < -0.4 is 4.74 Å². The van der Waals surface area contributed by atoms with E-state index in [1.165, 1.54) is 0 Å². The number of ether oxygens (including phenoxy) is 1. The number of pyridine rings is 2. The van der Waals surface area contributed by atoms with Gasteiger partial charge in [0.15, 0.2) is 5.65 Å². The van der Waals surface area contributed by atoms with Crippen LogP contribution in [0.3, 0.4) is 0 Å². The van der Waals surface area contributed by atoms with E-state index >= 15 is 0 Å². The molecule has 0 saturated carbocycles. The molecular weight excluding hydrogens is 240 g/mol. The Bertz CT molecular complexity index is 748. The summed E-state index contributed by atoms with van der Waals surface area (Å²) in [6, 6.07) is 7.72. The molecule has 0 atom stereocenters. The number of hydrogen-bond donors (Lipinski definition) is 1. The van der Waals surface area contributed by atoms with Gasteiger partial charge in [-0.2, -0.15) is 4.98 Å². The molecule has 5 nitrogen and oxygen atoms in total. The van der Waals surface area contributed by atoms with Crippen LogP contribution in [0.1, 0.15) is 11.4 Å². The van der Waals surface area contributed by atoms with Crippen molar-refractivity contribution in [3.63, 3.8) is 0 Å². The molecule has 3 heterocycles. The summed E-state index contributed by atoms with van der Waals surface area (Å²) in [6.45, 7) is 3.95. The number of aromatic nitrogens is 4. The van der Waals surface area contributed by atoms with E-state index in [1.54, 1.807) is 7.11 Å². The molecule has 3 aromatic heterocycles. The van der Waals surface area contributed by atoms with Crippen molar-refractivity contribution in [3.8, 4) is 17.3 Å². The van der Waals surface area contributed by atoms with Crippen molar-refractivity contribution in [1.82, 2.24) is 19.9 Å². The van der Waals surface area contributed by atoms with Crippen LogP contribution >= 0.6 is 0 Å². The number of fused-ring (bicyclic) bond motifs is 1. The van der Waals surface area contributed by atoms with Gasteiger partial charge >= 0.3 is 0 Å². The highest BCUT2D eigenvalue weighted by atomic mass is 16.5. The molecule has 1 N–H and O–H groups in total. The van der Waals surface area contributed by atoms with Crippen molar-refractivity contribution < 1.29 is 4.74 Å². The van der Waals surface area contributed by atoms with Gasteiger partial charge in [0.25, 0.3) is 0 Å². The van der Waals surface area contributed by atoms with Crippen LogP contribution in [0.4, 0.5) is 0 Å². The molecule has 0 aliphatic carbocycles. The number of aryl methyl sites for hydroxylation is 2. The summed E-state index contributed by atoms with van der Waals surface area (Å²) in [7, 11) is 1.59. The van der Waals surface area contributed by atoms with Crippen molar-refractivity contribution in [2.45, 2.75) is 13.8 Å². The molecule has 0 amide bonds. The first kappa shape index (κ1) is 11.6. The average Bonchev–Trinajstić information content (AvgIpc) is 2.80. The Hall–Kier alpha value is -2.43. The number of nitrogens with one attached hydrogen (secondary N) is 1. The van der Waals surface area contributed by atoms with Crippen LogP contribution in [0.5, 0.6) is 5.88 Å². The molecule has 0 aromatic carbocycles. The smallest absolute Gasteiger partial charge is 0.215 e. The van der Waals surface area contributed by atoms with Crippen molar-refractivity contribution in [1.29, 1.82) is 0 Å². The molecule has 19 heavy (non-hydrogen) atoms. The molecule has 0 radical (unpaired) electrons. The summed E-state index contributed by atoms with van der Waals surface area (Å²) in [5.74, 6) is 1.34. The van der Waals surface area contributed by atoms with Gasteiger partial charge < -0.3 is 9.72 Å². The number of imidazole rings is 1. The lowest BCUT2D eigenvalue weighted by atomic mass is 10.2. The van der Waals surface area contributed by atoms with E-state index in [4.69, 9.17) is 4.74 Å². The highest BCUT2D eigenvalue weighted by molar-refractivity contribution is 5.76. The summed E-state index contributed by atoms with van der Waals surface area (Å²) in [5.41, 5.74) is 4.47. The zero-order chi connectivity index (χ0) is 13.4. The maximum absolute atomic E-state index is 5.10. The molecule has 0 aliphatic heterocycles. The average molecular weight is 254 g/mol. The predicted molar refractivity (Wildman–Crippen MR) is 73.1 cm³/mol. The Balaban J connectivity index is 2.14. The summed E-state index contributed by atoms with van der Waals surface area (Å²) < 4.78 is 5.10. The van der Waals surface area contributed by atoms with E-state index < -0.39 is 0 Å². The van der Waals surface area contributed by atoms with E-state index in [2.05, 4.69) is 19.9 Å². The highest BCUT2D eigenvalue weighted by Crippen LogP contribution is 2.23. The minimum absolute atomic E-state index is 0.560. The second-order valence-corrected chi connectivity index (χ2v) is 4.40. The van der Waals surface area contributed by atoms with Gasteiger partial charge in [0, 0.05) is 23.0 Å². The zero-order valence-electron chi connectivity index (χ0n) is 11.1. The molecule has 3 aromatic rings. The van der Waals surface area contributed by atoms with Gasteiger partial charge in [-0.25, -0.2) is 4.98 Å². The summed E-state index contributed by atoms with van der Waals surface area (Å²) >= 11 is 0. The maximum Gasteiger partial charge on any atom is 0.215 e. The van der Waals surface area contributed by atoms with Gasteiger partial charge in [-0.1, -0.05) is 0 Å². The molecule has 0 saturated heterocycles. The third kappa shape index (κ3) is 2.03. The van der Waals surface area contributed by atoms with Gasteiger partial charge in [-0.3, -0.25) is 4.98 Å². The zero-order valence-corrected chi connectivity index (χ0v) is 11.1. The fraction of sp³-hybridized carbons (Fsp3) is 0.214. The Kier molecular flexibility index (Phi) is 2.67. The number of nitrogens with zero attached hydrogens (tertiary/aromatic N) is 3. The number of rotatable bonds is 2. The summed E-state index contributed by atoms with van der Waals surface area (Å²) in [6.07, 6.45) is 0. The molecule has 0 aliphatic rings. The third-order valence-corrected chi connectivity index (χ3v) is 3.01. The Morgan fingerprint density at radius 2 is 1.84 bits per heavy atom. The van der Waals surface area contributed by atoms with Gasteiger partial charge in [-0.15, -0.1) is 0 Å². The van der Waals surface area contributed by atoms with Gasteiger partial charge in [0.05, 0.1) is 12.6 Å². The van der Waals surface area contributed by atoms with E-state index in [0.29, 0.717) is 11.5 Å². The third-order valence-electron chi connectivity index (χ3n) is 3.01. The lowest BCUT2D eigenvalue weighted by molar-refractivity contribution is 0.399. The predicted octanol–water partition coefficient (Wildman–Crippen LogP) is 2.65. The highest BCUT2D eigenvalue weighted by Gasteiger charge is 2.10. The largest absolute Gasteiger partial charge is 0.481 e. The van der Waals surface area contributed by atoms with Crippen LogP contribution in [0.2, 0.25) is 0 Å². The lowest BCUT2D eigenvalue weighted by Gasteiger charge is -2.01. The molecule has 5 heteroatoms. The number of aromatic amines is 1. The van der Waals surface area contributed by atoms with Crippen LogP contribution in [0.25, 0.3) is 22.6 Å². The van der Waals surface area contributed by atoms with E-state index in [0.717, 1.165) is 28.3 Å². The number of methoxy groups -OCH3 is 1. The second-order valence-electron chi connectivity index (χ2n) is 4.40. The fourth-order valence-electron chi connectivity index (χ4n) is 2.05. The first-order valence-electron chi connectivity index (χ1n) is 6.03. The van der Waals surface area contributed by atoms with Gasteiger partial charge in [0.1, 0.15) is 5.82 Å². The van der Waals surface area contributed by atoms with Gasteiger partial charge in [-0.05, 0) is 32.0 Å². The minimum Gasteiger partial charge on any atom is -0.481 e. The lowest BCUT2D eigenvalue weighted by Crippen LogP contribution is -1.91. The molecule has 0 fully saturated rings. The molecular formula is C14H14N4O. The SMILES string of the molecule is COc1ccc2[nH]c(-c3ccc(C)nc3C)nc2n1. The van der Waals surface area contributed by atoms with Crippen molar-refractivity contribution in [2.24, 2.45) is 0 Å². The Morgan fingerprint density at radius 1 is 1.00 bits per heavy atom. The quantitative estimate of drug-likeness (QED) is 0.763. The van der Waals surface area contributed by atoms with Crippen LogP contribution in [-0.2, 0) is 0 Å². The Morgan fingerprint density at radius 3 is 2.58 bits per heavy atom. The van der Waals surface area contributed by atoms with Gasteiger partial charge in [0.2, 0.25) is 5.88 Å². The molecule has 0 bridgehead atoms. The Labute approximate surface area is 110 Å². The molecule has 96 valence electrons. The van der Waals surface area contributed by atoms with Crippen LogP contribution in [0.15, 0.2) is 24.3 Å². The first-order valence-corrected chi connectivity index (χ1v) is 6.03. The van der Waals surface area contributed by atoms with Crippen molar-refractivity contribution >= 4 is 11.2 Å². The summed E-state index contributed by atoms with van der Waals surface area (Å²) in [4.78, 5) is 16.5. The first-order chi connectivity index (χ1) is 9.17. The van der Waals surface area contributed by atoms with Crippen LogP contribution in [-0.4, -0.2) is 27.0 Å². The van der Waals surface area contributed by atoms with E-state index in [-0.39, 0.29) is 0 Å². The number of H-pyrrole nitrogens is 1. The minimum atomic E-state index is 0.560. The second kappa shape index (κ2) is 4.35. The topological polar surface area (TPSA) is 63.7 Å². The monoisotopic (exact) mass is 254 g/mol. The van der Waals surface area contributed by atoms with Crippen molar-refractivity contribution in [3.05, 3.63) is 35.7 Å². The van der Waals surface area contributed by atoms with E-state index in [9.17, 15) is 0 Å². The van der Waals surface area contributed by atoms with E-state index in [1.807, 2.05) is 38.1 Å². The maximum atomic E-state index is 5.10. The molecule has 0 unspecified atom stereocenters.